The van der Waals surface area contributed by atoms with Crippen molar-refractivity contribution in [2.24, 2.45) is 0 Å². The first-order valence-electron chi connectivity index (χ1n) is 8.10. The zero-order chi connectivity index (χ0) is 14.7. The van der Waals surface area contributed by atoms with Crippen LogP contribution in [0.4, 0.5) is 0 Å². The normalized spacial score (nSPS) is 24.0. The highest BCUT2D eigenvalue weighted by Crippen LogP contribution is 2.36. The smallest absolute Gasteiger partial charge is 0.134 e. The van der Waals surface area contributed by atoms with Gasteiger partial charge in [0.25, 0.3) is 0 Å². The fourth-order valence-electron chi connectivity index (χ4n) is 3.21. The van der Waals surface area contributed by atoms with E-state index in [4.69, 9.17) is 4.74 Å². The third-order valence-corrected chi connectivity index (χ3v) is 4.50. The molecule has 0 N–H and O–H groups in total. The summed E-state index contributed by atoms with van der Waals surface area (Å²) in [6, 6.07) is 2.21. The molecule has 0 saturated carbocycles. The van der Waals surface area contributed by atoms with Crippen molar-refractivity contribution in [3.8, 4) is 0 Å². The maximum absolute atomic E-state index is 6.25. The first-order valence-corrected chi connectivity index (χ1v) is 8.10. The predicted octanol–water partition coefficient (Wildman–Crippen LogP) is 5.51. The molecule has 2 nitrogen and oxygen atoms in total. The number of ether oxygens (including phenoxy) is 1. The van der Waals surface area contributed by atoms with Crippen LogP contribution in [0.5, 0.6) is 0 Å². The molecule has 0 radical (unpaired) electrons. The summed E-state index contributed by atoms with van der Waals surface area (Å²) in [7, 11) is 0. The summed E-state index contributed by atoms with van der Waals surface area (Å²) in [5, 5.41) is 0. The number of allylic oxidation sites excluding steroid dienone is 1. The fraction of sp³-hybridized carbons (Fsp3) is 0.667. The highest BCUT2D eigenvalue weighted by atomic mass is 16.5. The summed E-state index contributed by atoms with van der Waals surface area (Å²) >= 11 is 0. The summed E-state index contributed by atoms with van der Waals surface area (Å²) < 4.78 is 8.62. The average Bonchev–Trinajstić information content (AvgIpc) is 3.03. The quantitative estimate of drug-likeness (QED) is 0.667. The van der Waals surface area contributed by atoms with Gasteiger partial charge >= 0.3 is 0 Å². The van der Waals surface area contributed by atoms with Gasteiger partial charge in [-0.3, -0.25) is 0 Å². The lowest BCUT2D eigenvalue weighted by molar-refractivity contribution is -0.00322. The van der Waals surface area contributed by atoms with Gasteiger partial charge in [0.15, 0.2) is 0 Å². The second kappa shape index (κ2) is 6.62. The van der Waals surface area contributed by atoms with Gasteiger partial charge in [-0.25, -0.2) is 0 Å². The zero-order valence-corrected chi connectivity index (χ0v) is 13.5. The molecule has 0 aliphatic carbocycles. The maximum atomic E-state index is 6.25. The Labute approximate surface area is 123 Å². The van der Waals surface area contributed by atoms with E-state index in [1.807, 2.05) is 0 Å². The lowest BCUT2D eigenvalue weighted by Crippen LogP contribution is -2.14. The zero-order valence-electron chi connectivity index (χ0n) is 13.5. The fourth-order valence-corrected chi connectivity index (χ4v) is 3.21. The van der Waals surface area contributed by atoms with Gasteiger partial charge in [0.1, 0.15) is 6.23 Å². The Morgan fingerprint density at radius 2 is 2.20 bits per heavy atom. The maximum Gasteiger partial charge on any atom is 0.134 e. The van der Waals surface area contributed by atoms with Gasteiger partial charge in [0.05, 0.1) is 6.10 Å². The van der Waals surface area contributed by atoms with Gasteiger partial charge in [-0.15, -0.1) is 0 Å². The van der Waals surface area contributed by atoms with E-state index in [1.54, 1.807) is 0 Å². The molecule has 2 rings (SSSR count). The molecule has 0 bridgehead atoms. The molecule has 1 aliphatic heterocycles. The van der Waals surface area contributed by atoms with Crippen LogP contribution in [0.3, 0.4) is 0 Å². The highest BCUT2D eigenvalue weighted by molar-refractivity contribution is 5.64. The molecule has 0 amide bonds. The van der Waals surface area contributed by atoms with E-state index in [2.05, 4.69) is 51.1 Å². The monoisotopic (exact) mass is 275 g/mol. The van der Waals surface area contributed by atoms with Crippen LogP contribution in [0.1, 0.15) is 83.2 Å². The van der Waals surface area contributed by atoms with E-state index < -0.39 is 0 Å². The predicted molar refractivity (Wildman–Crippen MR) is 85.9 cm³/mol. The average molecular weight is 275 g/mol. The van der Waals surface area contributed by atoms with Gasteiger partial charge in [0, 0.05) is 11.9 Å². The molecule has 0 aromatic carbocycles. The SMILES string of the molecule is C=C(C)c1ccn(C2CCC(CCC)O2)c1C(C)CC. The minimum atomic E-state index is 0.226. The summed E-state index contributed by atoms with van der Waals surface area (Å²) in [5.41, 5.74) is 3.87. The lowest BCUT2D eigenvalue weighted by Gasteiger charge is -2.22. The second-order valence-corrected chi connectivity index (χ2v) is 6.19. The molecule has 1 aromatic rings. The number of rotatable bonds is 6. The molecule has 2 heteroatoms. The van der Waals surface area contributed by atoms with E-state index in [9.17, 15) is 0 Å². The molecular formula is C18H29NO. The van der Waals surface area contributed by atoms with Crippen LogP contribution in [0.15, 0.2) is 18.8 Å². The molecule has 1 aromatic heterocycles. The minimum Gasteiger partial charge on any atom is -0.355 e. The van der Waals surface area contributed by atoms with Crippen LogP contribution in [0.2, 0.25) is 0 Å². The Hall–Kier alpha value is -1.02. The summed E-state index contributed by atoms with van der Waals surface area (Å²) in [4.78, 5) is 0. The molecule has 1 saturated heterocycles. The van der Waals surface area contributed by atoms with Crippen LogP contribution in [0, 0.1) is 0 Å². The summed E-state index contributed by atoms with van der Waals surface area (Å²) in [5.74, 6) is 0.547. The van der Waals surface area contributed by atoms with Crippen LogP contribution in [0.25, 0.3) is 5.57 Å². The van der Waals surface area contributed by atoms with Crippen molar-refractivity contribution >= 4 is 5.57 Å². The molecule has 1 fully saturated rings. The first kappa shape index (κ1) is 15.4. The Balaban J connectivity index is 2.26. The van der Waals surface area contributed by atoms with Gasteiger partial charge < -0.3 is 9.30 Å². The van der Waals surface area contributed by atoms with Crippen LogP contribution in [-0.4, -0.2) is 10.7 Å². The standard InChI is InChI=1S/C18H29NO/c1-6-8-15-9-10-17(20-15)19-12-11-16(13(3)4)18(19)14(5)7-2/h11-12,14-15,17H,3,6-10H2,1-2,4-5H3. The van der Waals surface area contributed by atoms with Crippen molar-refractivity contribution < 1.29 is 4.74 Å². The van der Waals surface area contributed by atoms with E-state index in [1.165, 1.54) is 30.5 Å². The van der Waals surface area contributed by atoms with E-state index in [0.717, 1.165) is 18.4 Å². The Morgan fingerprint density at radius 1 is 1.45 bits per heavy atom. The third kappa shape index (κ3) is 3.01. The number of aromatic nitrogens is 1. The number of hydrogen-bond acceptors (Lipinski definition) is 1. The minimum absolute atomic E-state index is 0.226. The summed E-state index contributed by atoms with van der Waals surface area (Å²) in [6.07, 6.45) is 8.74. The first-order chi connectivity index (χ1) is 9.58. The Bertz CT molecular complexity index is 460. The Morgan fingerprint density at radius 3 is 2.80 bits per heavy atom. The van der Waals surface area contributed by atoms with Crippen LogP contribution >= 0.6 is 0 Å². The van der Waals surface area contributed by atoms with E-state index in [0.29, 0.717) is 12.0 Å². The van der Waals surface area contributed by atoms with Gasteiger partial charge in [0.2, 0.25) is 0 Å². The van der Waals surface area contributed by atoms with Gasteiger partial charge in [-0.2, -0.15) is 0 Å². The molecular weight excluding hydrogens is 246 g/mol. The number of hydrogen-bond donors (Lipinski definition) is 0. The van der Waals surface area contributed by atoms with Crippen molar-refractivity contribution in [3.05, 3.63) is 30.1 Å². The van der Waals surface area contributed by atoms with E-state index in [-0.39, 0.29) is 6.23 Å². The van der Waals surface area contributed by atoms with Crippen molar-refractivity contribution in [1.82, 2.24) is 4.57 Å². The van der Waals surface area contributed by atoms with Crippen molar-refractivity contribution in [3.63, 3.8) is 0 Å². The Kier molecular flexibility index (Phi) is 5.09. The molecule has 20 heavy (non-hydrogen) atoms. The molecule has 112 valence electrons. The van der Waals surface area contributed by atoms with Crippen LogP contribution in [-0.2, 0) is 4.74 Å². The van der Waals surface area contributed by atoms with Crippen molar-refractivity contribution in [2.75, 3.05) is 0 Å². The molecule has 3 atom stereocenters. The lowest BCUT2D eigenvalue weighted by atomic mass is 9.98. The summed E-state index contributed by atoms with van der Waals surface area (Å²) in [6.45, 7) is 13.0. The third-order valence-electron chi connectivity index (χ3n) is 4.50. The van der Waals surface area contributed by atoms with E-state index >= 15 is 0 Å². The van der Waals surface area contributed by atoms with Crippen molar-refractivity contribution in [2.45, 2.75) is 78.0 Å². The molecule has 1 aliphatic rings. The van der Waals surface area contributed by atoms with Crippen molar-refractivity contribution in [1.29, 1.82) is 0 Å². The topological polar surface area (TPSA) is 14.2 Å². The van der Waals surface area contributed by atoms with Gasteiger partial charge in [-0.1, -0.05) is 33.8 Å². The highest BCUT2D eigenvalue weighted by Gasteiger charge is 2.28. The van der Waals surface area contributed by atoms with Gasteiger partial charge in [-0.05, 0) is 55.7 Å². The largest absolute Gasteiger partial charge is 0.355 e. The molecule has 0 spiro atoms. The van der Waals surface area contributed by atoms with Crippen LogP contribution < -0.4 is 0 Å². The second-order valence-electron chi connectivity index (χ2n) is 6.19. The molecule has 3 unspecified atom stereocenters. The molecule has 2 heterocycles. The number of nitrogens with zero attached hydrogens (tertiary/aromatic N) is 1.